The number of carbonyl (C=O) groups is 1. The highest BCUT2D eigenvalue weighted by molar-refractivity contribution is 5.78. The molecule has 1 aromatic rings. The van der Waals surface area contributed by atoms with Crippen molar-refractivity contribution >= 4 is 5.91 Å². The summed E-state index contributed by atoms with van der Waals surface area (Å²) in [6.45, 7) is 4.18. The molecule has 0 radical (unpaired) electrons. The van der Waals surface area contributed by atoms with E-state index in [1.807, 2.05) is 44.2 Å². The maximum Gasteiger partial charge on any atom is 0.234 e. The molecule has 0 aliphatic heterocycles. The topological polar surface area (TPSA) is 61.4 Å². The molecule has 0 aromatic heterocycles. The molecule has 0 spiro atoms. The molecule has 0 saturated heterocycles. The number of hydrogen-bond donors (Lipinski definition) is 3. The first-order valence-electron chi connectivity index (χ1n) is 6.36. The molecular weight excluding hydrogens is 228 g/mol. The third kappa shape index (κ3) is 4.85. The van der Waals surface area contributed by atoms with Crippen LogP contribution in [-0.4, -0.2) is 30.2 Å². The largest absolute Gasteiger partial charge is 0.394 e. The minimum absolute atomic E-state index is 0.0272. The molecular formula is C14H22N2O2. The Morgan fingerprint density at radius 2 is 2.00 bits per heavy atom. The lowest BCUT2D eigenvalue weighted by molar-refractivity contribution is -0.121. The molecule has 100 valence electrons. The molecule has 2 unspecified atom stereocenters. The zero-order valence-electron chi connectivity index (χ0n) is 11.0. The van der Waals surface area contributed by atoms with Gasteiger partial charge in [0.15, 0.2) is 0 Å². The van der Waals surface area contributed by atoms with Crippen LogP contribution in [0.25, 0.3) is 0 Å². The second kappa shape index (κ2) is 7.84. The van der Waals surface area contributed by atoms with E-state index in [4.69, 9.17) is 0 Å². The molecule has 4 heteroatoms. The highest BCUT2D eigenvalue weighted by atomic mass is 16.3. The van der Waals surface area contributed by atoms with Gasteiger partial charge in [-0.2, -0.15) is 0 Å². The van der Waals surface area contributed by atoms with Gasteiger partial charge in [0.05, 0.1) is 19.2 Å². The molecule has 4 nitrogen and oxygen atoms in total. The van der Waals surface area contributed by atoms with Gasteiger partial charge < -0.3 is 10.4 Å². The minimum atomic E-state index is -0.200. The van der Waals surface area contributed by atoms with Crippen molar-refractivity contribution in [1.29, 1.82) is 0 Å². The van der Waals surface area contributed by atoms with Crippen LogP contribution in [0.2, 0.25) is 0 Å². The van der Waals surface area contributed by atoms with E-state index < -0.39 is 0 Å². The molecule has 0 bridgehead atoms. The fraction of sp³-hybridized carbons (Fsp3) is 0.500. The normalized spacial score (nSPS) is 13.9. The number of carbonyl (C=O) groups excluding carboxylic acids is 1. The Morgan fingerprint density at radius 3 is 2.56 bits per heavy atom. The third-order valence-electron chi connectivity index (χ3n) is 2.91. The van der Waals surface area contributed by atoms with Crippen molar-refractivity contribution in [3.8, 4) is 0 Å². The van der Waals surface area contributed by atoms with Gasteiger partial charge in [0.1, 0.15) is 0 Å². The van der Waals surface area contributed by atoms with Gasteiger partial charge in [-0.15, -0.1) is 0 Å². The van der Waals surface area contributed by atoms with Crippen molar-refractivity contribution < 1.29 is 9.90 Å². The second-order valence-corrected chi connectivity index (χ2v) is 4.40. The highest BCUT2D eigenvalue weighted by Crippen LogP contribution is 2.10. The minimum Gasteiger partial charge on any atom is -0.394 e. The first-order valence-corrected chi connectivity index (χ1v) is 6.36. The van der Waals surface area contributed by atoms with Gasteiger partial charge in [-0.25, -0.2) is 0 Å². The quantitative estimate of drug-likeness (QED) is 0.682. The average molecular weight is 250 g/mol. The van der Waals surface area contributed by atoms with Gasteiger partial charge in [0.2, 0.25) is 5.91 Å². The Labute approximate surface area is 108 Å². The molecule has 0 heterocycles. The molecule has 18 heavy (non-hydrogen) atoms. The van der Waals surface area contributed by atoms with Crippen molar-refractivity contribution in [3.05, 3.63) is 35.9 Å². The molecule has 0 saturated carbocycles. The van der Waals surface area contributed by atoms with Crippen LogP contribution in [0.3, 0.4) is 0 Å². The Balaban J connectivity index is 2.43. The molecule has 1 amide bonds. The molecule has 0 fully saturated rings. The second-order valence-electron chi connectivity index (χ2n) is 4.40. The molecule has 3 N–H and O–H groups in total. The molecule has 2 atom stereocenters. The number of amides is 1. The van der Waals surface area contributed by atoms with Crippen LogP contribution >= 0.6 is 0 Å². The van der Waals surface area contributed by atoms with Gasteiger partial charge >= 0.3 is 0 Å². The zero-order valence-corrected chi connectivity index (χ0v) is 11.0. The monoisotopic (exact) mass is 250 g/mol. The van der Waals surface area contributed by atoms with Gasteiger partial charge in [-0.3, -0.25) is 10.1 Å². The highest BCUT2D eigenvalue weighted by Gasteiger charge is 2.11. The van der Waals surface area contributed by atoms with Gasteiger partial charge in [-0.1, -0.05) is 37.3 Å². The smallest absolute Gasteiger partial charge is 0.234 e. The first-order chi connectivity index (χ1) is 8.67. The van der Waals surface area contributed by atoms with Crippen molar-refractivity contribution in [2.24, 2.45) is 0 Å². The summed E-state index contributed by atoms with van der Waals surface area (Å²) in [5.74, 6) is -0.0428. The number of aliphatic hydroxyl groups is 1. The van der Waals surface area contributed by atoms with E-state index in [1.54, 1.807) is 0 Å². The van der Waals surface area contributed by atoms with Gasteiger partial charge in [-0.05, 0) is 18.9 Å². The van der Waals surface area contributed by atoms with E-state index in [0.29, 0.717) is 0 Å². The van der Waals surface area contributed by atoms with Crippen LogP contribution in [-0.2, 0) is 4.79 Å². The van der Waals surface area contributed by atoms with E-state index in [-0.39, 0.29) is 31.1 Å². The lowest BCUT2D eigenvalue weighted by Gasteiger charge is -2.17. The van der Waals surface area contributed by atoms with Gasteiger partial charge in [0.25, 0.3) is 0 Å². The number of aliphatic hydroxyl groups excluding tert-OH is 1. The van der Waals surface area contributed by atoms with Crippen molar-refractivity contribution in [3.63, 3.8) is 0 Å². The maximum atomic E-state index is 11.6. The predicted octanol–water partition coefficient (Wildman–Crippen LogP) is 1.22. The van der Waals surface area contributed by atoms with Crippen LogP contribution in [0, 0.1) is 0 Å². The average Bonchev–Trinajstić information content (AvgIpc) is 2.40. The fourth-order valence-corrected chi connectivity index (χ4v) is 1.62. The van der Waals surface area contributed by atoms with Crippen molar-refractivity contribution in [2.45, 2.75) is 32.4 Å². The van der Waals surface area contributed by atoms with Crippen LogP contribution in [0.1, 0.15) is 31.9 Å². The summed E-state index contributed by atoms with van der Waals surface area (Å²) >= 11 is 0. The molecule has 0 aliphatic carbocycles. The SMILES string of the molecule is CCC(C)NC(=O)CNC(CO)c1ccccc1. The summed E-state index contributed by atoms with van der Waals surface area (Å²) in [4.78, 5) is 11.6. The van der Waals surface area contributed by atoms with Gasteiger partial charge in [0, 0.05) is 6.04 Å². The van der Waals surface area contributed by atoms with Crippen LogP contribution in [0.5, 0.6) is 0 Å². The van der Waals surface area contributed by atoms with E-state index in [0.717, 1.165) is 12.0 Å². The van der Waals surface area contributed by atoms with Crippen LogP contribution in [0.4, 0.5) is 0 Å². The Morgan fingerprint density at radius 1 is 1.33 bits per heavy atom. The van der Waals surface area contributed by atoms with Crippen molar-refractivity contribution in [1.82, 2.24) is 10.6 Å². The lowest BCUT2D eigenvalue weighted by Crippen LogP contribution is -2.40. The zero-order chi connectivity index (χ0) is 13.4. The predicted molar refractivity (Wildman–Crippen MR) is 72.2 cm³/mol. The summed E-state index contributed by atoms with van der Waals surface area (Å²) in [7, 11) is 0. The Kier molecular flexibility index (Phi) is 6.39. The third-order valence-corrected chi connectivity index (χ3v) is 2.91. The van der Waals surface area contributed by atoms with E-state index in [9.17, 15) is 9.90 Å². The van der Waals surface area contributed by atoms with Crippen LogP contribution < -0.4 is 10.6 Å². The lowest BCUT2D eigenvalue weighted by atomic mass is 10.1. The molecule has 1 rings (SSSR count). The summed E-state index contributed by atoms with van der Waals surface area (Å²) in [6.07, 6.45) is 0.911. The fourth-order valence-electron chi connectivity index (χ4n) is 1.62. The Bertz CT molecular complexity index is 354. The number of hydrogen-bond acceptors (Lipinski definition) is 3. The van der Waals surface area contributed by atoms with E-state index in [2.05, 4.69) is 10.6 Å². The Hall–Kier alpha value is -1.39. The number of benzene rings is 1. The first kappa shape index (κ1) is 14.7. The molecule has 1 aromatic carbocycles. The summed E-state index contributed by atoms with van der Waals surface area (Å²) in [5, 5.41) is 15.3. The maximum absolute atomic E-state index is 11.6. The number of nitrogens with one attached hydrogen (secondary N) is 2. The standard InChI is InChI=1S/C14H22N2O2/c1-3-11(2)16-14(18)9-15-13(10-17)12-7-5-4-6-8-12/h4-8,11,13,15,17H,3,9-10H2,1-2H3,(H,16,18). The number of rotatable bonds is 7. The van der Waals surface area contributed by atoms with E-state index >= 15 is 0 Å². The summed E-state index contributed by atoms with van der Waals surface area (Å²) in [5.41, 5.74) is 0.983. The summed E-state index contributed by atoms with van der Waals surface area (Å²) in [6, 6.07) is 9.60. The molecule has 0 aliphatic rings. The van der Waals surface area contributed by atoms with E-state index in [1.165, 1.54) is 0 Å². The van der Waals surface area contributed by atoms with Crippen molar-refractivity contribution in [2.75, 3.05) is 13.2 Å². The summed E-state index contributed by atoms with van der Waals surface area (Å²) < 4.78 is 0. The van der Waals surface area contributed by atoms with Crippen LogP contribution in [0.15, 0.2) is 30.3 Å².